The van der Waals surface area contributed by atoms with E-state index in [0.717, 1.165) is 34.5 Å². The van der Waals surface area contributed by atoms with Crippen LogP contribution in [0.3, 0.4) is 0 Å². The largest absolute Gasteiger partial charge is 0.311 e. The second-order valence-corrected chi connectivity index (χ2v) is 6.26. The van der Waals surface area contributed by atoms with E-state index in [2.05, 4.69) is 53.4 Å². The maximum absolute atomic E-state index is 11.3. The fourth-order valence-electron chi connectivity index (χ4n) is 3.25. The average Bonchev–Trinajstić information content (AvgIpc) is 2.76. The number of aldehydes is 1. The van der Waals surface area contributed by atoms with Crippen LogP contribution < -0.4 is 4.90 Å². The van der Waals surface area contributed by atoms with Gasteiger partial charge in [0.1, 0.15) is 0 Å². The Balaban J connectivity index is 1.77. The van der Waals surface area contributed by atoms with Gasteiger partial charge in [0.25, 0.3) is 0 Å². The number of hydrogen-bond donors (Lipinski definition) is 0. The summed E-state index contributed by atoms with van der Waals surface area (Å²) in [4.78, 5) is 13.6. The first-order valence-electron chi connectivity index (χ1n) is 8.92. The van der Waals surface area contributed by atoms with E-state index < -0.39 is 0 Å². The number of anilines is 3. The van der Waals surface area contributed by atoms with Crippen LogP contribution in [0.2, 0.25) is 0 Å². The highest BCUT2D eigenvalue weighted by Crippen LogP contribution is 2.35. The number of nitrogens with zero attached hydrogens (tertiary/aromatic N) is 1. The molecular weight excluding hydrogens is 330 g/mol. The standard InChI is InChI=1S/C25H19NO/c27-19-21-9-7-8-14-25(21)20-15-17-24(18-16-20)26(22-10-3-1-4-11-22)23-12-5-2-6-13-23/h1-19H. The quantitative estimate of drug-likeness (QED) is 0.377. The fraction of sp³-hybridized carbons (Fsp3) is 0. The molecule has 4 rings (SSSR count). The van der Waals surface area contributed by atoms with Crippen LogP contribution in [0, 0.1) is 0 Å². The average molecular weight is 349 g/mol. The zero-order chi connectivity index (χ0) is 18.5. The van der Waals surface area contributed by atoms with Crippen LogP contribution in [0.4, 0.5) is 17.1 Å². The van der Waals surface area contributed by atoms with E-state index >= 15 is 0 Å². The lowest BCUT2D eigenvalue weighted by atomic mass is 10.00. The van der Waals surface area contributed by atoms with Crippen LogP contribution in [0.5, 0.6) is 0 Å². The van der Waals surface area contributed by atoms with Gasteiger partial charge in [0.05, 0.1) is 0 Å². The third-order valence-electron chi connectivity index (χ3n) is 4.55. The second-order valence-electron chi connectivity index (χ2n) is 6.26. The molecular formula is C25H19NO. The van der Waals surface area contributed by atoms with Gasteiger partial charge in [-0.25, -0.2) is 0 Å². The molecule has 0 unspecified atom stereocenters. The van der Waals surface area contributed by atoms with Gasteiger partial charge in [0, 0.05) is 22.6 Å². The van der Waals surface area contributed by atoms with Crippen molar-refractivity contribution in [1.82, 2.24) is 0 Å². The molecule has 0 aliphatic rings. The van der Waals surface area contributed by atoms with E-state index in [1.165, 1.54) is 0 Å². The van der Waals surface area contributed by atoms with Crippen molar-refractivity contribution < 1.29 is 4.79 Å². The van der Waals surface area contributed by atoms with Crippen molar-refractivity contribution in [2.75, 3.05) is 4.90 Å². The van der Waals surface area contributed by atoms with E-state index in [0.29, 0.717) is 5.56 Å². The first kappa shape index (κ1) is 16.8. The van der Waals surface area contributed by atoms with Gasteiger partial charge >= 0.3 is 0 Å². The Labute approximate surface area is 159 Å². The van der Waals surface area contributed by atoms with Crippen molar-refractivity contribution in [3.63, 3.8) is 0 Å². The molecule has 130 valence electrons. The Kier molecular flexibility index (Phi) is 4.80. The molecule has 0 saturated heterocycles. The molecule has 0 atom stereocenters. The van der Waals surface area contributed by atoms with Crippen LogP contribution in [-0.4, -0.2) is 6.29 Å². The summed E-state index contributed by atoms with van der Waals surface area (Å²) in [6, 6.07) is 36.6. The third kappa shape index (κ3) is 3.51. The van der Waals surface area contributed by atoms with Crippen molar-refractivity contribution in [1.29, 1.82) is 0 Å². The Morgan fingerprint density at radius 2 is 1.00 bits per heavy atom. The molecule has 0 fully saturated rings. The smallest absolute Gasteiger partial charge is 0.150 e. The summed E-state index contributed by atoms with van der Waals surface area (Å²) in [5.41, 5.74) is 5.95. The first-order valence-corrected chi connectivity index (χ1v) is 8.92. The van der Waals surface area contributed by atoms with Crippen LogP contribution in [0.1, 0.15) is 10.4 Å². The predicted octanol–water partition coefficient (Wildman–Crippen LogP) is 6.64. The number of benzene rings is 4. The summed E-state index contributed by atoms with van der Waals surface area (Å²) < 4.78 is 0. The molecule has 0 aromatic heterocycles. The summed E-state index contributed by atoms with van der Waals surface area (Å²) >= 11 is 0. The fourth-order valence-corrected chi connectivity index (χ4v) is 3.25. The van der Waals surface area contributed by atoms with Crippen LogP contribution in [0.15, 0.2) is 109 Å². The van der Waals surface area contributed by atoms with Crippen LogP contribution in [0.25, 0.3) is 11.1 Å². The van der Waals surface area contributed by atoms with Gasteiger partial charge < -0.3 is 4.90 Å². The summed E-state index contributed by atoms with van der Waals surface area (Å²) in [7, 11) is 0. The molecule has 0 aliphatic heterocycles. The van der Waals surface area contributed by atoms with Crippen LogP contribution >= 0.6 is 0 Å². The highest BCUT2D eigenvalue weighted by atomic mass is 16.1. The maximum Gasteiger partial charge on any atom is 0.150 e. The lowest BCUT2D eigenvalue weighted by molar-refractivity contribution is 0.112. The lowest BCUT2D eigenvalue weighted by Crippen LogP contribution is -2.09. The molecule has 4 aromatic rings. The van der Waals surface area contributed by atoms with Gasteiger partial charge in [-0.2, -0.15) is 0 Å². The zero-order valence-corrected chi connectivity index (χ0v) is 14.8. The van der Waals surface area contributed by atoms with Crippen molar-refractivity contribution in [3.8, 4) is 11.1 Å². The van der Waals surface area contributed by atoms with Gasteiger partial charge in [-0.05, 0) is 47.5 Å². The number of carbonyl (C=O) groups is 1. The first-order chi connectivity index (χ1) is 13.4. The van der Waals surface area contributed by atoms with Crippen molar-refractivity contribution >= 4 is 23.3 Å². The molecule has 0 bridgehead atoms. The monoisotopic (exact) mass is 349 g/mol. The van der Waals surface area contributed by atoms with E-state index in [4.69, 9.17) is 0 Å². The number of carbonyl (C=O) groups excluding carboxylic acids is 1. The zero-order valence-electron chi connectivity index (χ0n) is 14.8. The number of hydrogen-bond acceptors (Lipinski definition) is 2. The van der Waals surface area contributed by atoms with Crippen molar-refractivity contribution in [3.05, 3.63) is 115 Å². The molecule has 2 nitrogen and oxygen atoms in total. The van der Waals surface area contributed by atoms with Gasteiger partial charge in [-0.15, -0.1) is 0 Å². The summed E-state index contributed by atoms with van der Waals surface area (Å²) in [5.74, 6) is 0. The van der Waals surface area contributed by atoms with E-state index in [9.17, 15) is 4.79 Å². The Bertz CT molecular complexity index is 985. The molecule has 0 spiro atoms. The Morgan fingerprint density at radius 1 is 0.519 bits per heavy atom. The molecule has 0 amide bonds. The molecule has 0 N–H and O–H groups in total. The highest BCUT2D eigenvalue weighted by molar-refractivity contribution is 5.88. The van der Waals surface area contributed by atoms with Gasteiger partial charge in [0.15, 0.2) is 6.29 Å². The van der Waals surface area contributed by atoms with Crippen molar-refractivity contribution in [2.24, 2.45) is 0 Å². The Hall–Kier alpha value is -3.65. The molecule has 27 heavy (non-hydrogen) atoms. The third-order valence-corrected chi connectivity index (χ3v) is 4.55. The minimum atomic E-state index is 0.702. The number of para-hydroxylation sites is 2. The summed E-state index contributed by atoms with van der Waals surface area (Å²) in [6.45, 7) is 0. The van der Waals surface area contributed by atoms with E-state index in [1.807, 2.05) is 60.7 Å². The Morgan fingerprint density at radius 3 is 1.56 bits per heavy atom. The molecule has 0 heterocycles. The van der Waals surface area contributed by atoms with Gasteiger partial charge in [-0.1, -0.05) is 72.8 Å². The predicted molar refractivity (Wildman–Crippen MR) is 112 cm³/mol. The van der Waals surface area contributed by atoms with E-state index in [1.54, 1.807) is 0 Å². The SMILES string of the molecule is O=Cc1ccccc1-c1ccc(N(c2ccccc2)c2ccccc2)cc1. The minimum absolute atomic E-state index is 0.702. The topological polar surface area (TPSA) is 20.3 Å². The summed E-state index contributed by atoms with van der Waals surface area (Å²) in [6.07, 6.45) is 0.906. The molecule has 4 aromatic carbocycles. The van der Waals surface area contributed by atoms with Gasteiger partial charge in [0.2, 0.25) is 0 Å². The molecule has 0 aliphatic carbocycles. The highest BCUT2D eigenvalue weighted by Gasteiger charge is 2.12. The van der Waals surface area contributed by atoms with Crippen molar-refractivity contribution in [2.45, 2.75) is 0 Å². The van der Waals surface area contributed by atoms with Crippen LogP contribution in [-0.2, 0) is 0 Å². The normalized spacial score (nSPS) is 10.4. The number of rotatable bonds is 5. The van der Waals surface area contributed by atoms with Gasteiger partial charge in [-0.3, -0.25) is 4.79 Å². The molecule has 0 radical (unpaired) electrons. The second kappa shape index (κ2) is 7.71. The van der Waals surface area contributed by atoms with E-state index in [-0.39, 0.29) is 0 Å². The minimum Gasteiger partial charge on any atom is -0.311 e. The molecule has 2 heteroatoms. The molecule has 0 saturated carbocycles. The lowest BCUT2D eigenvalue weighted by Gasteiger charge is -2.25. The maximum atomic E-state index is 11.3. The summed E-state index contributed by atoms with van der Waals surface area (Å²) in [5, 5.41) is 0.